The molecule has 0 amide bonds. The number of hydrogen-bond acceptors (Lipinski definition) is 6. The molecule has 0 radical (unpaired) electrons. The van der Waals surface area contributed by atoms with E-state index in [-0.39, 0.29) is 25.0 Å². The number of quaternary nitrogens is 1. The molecule has 0 saturated carbocycles. The Morgan fingerprint density at radius 1 is 1.06 bits per heavy atom. The van der Waals surface area contributed by atoms with Gasteiger partial charge in [-0.1, -0.05) is 48.9 Å². The van der Waals surface area contributed by atoms with Crippen molar-refractivity contribution < 1.29 is 43.1 Å². The summed E-state index contributed by atoms with van der Waals surface area (Å²) in [6, 6.07) is 5.11. The Morgan fingerprint density at radius 3 is 2.21 bits per heavy atom. The molecule has 12 heteroatoms. The number of phosphoric ester groups is 1. The zero-order chi connectivity index (χ0) is 24.2. The molecule has 1 rings (SSSR count). The second-order valence-corrected chi connectivity index (χ2v) is 10.9. The van der Waals surface area contributed by atoms with E-state index in [9.17, 15) is 14.3 Å². The summed E-state index contributed by atoms with van der Waals surface area (Å²) < 4.78 is 28.3. The highest BCUT2D eigenvalue weighted by molar-refractivity contribution is 7.47. The van der Waals surface area contributed by atoms with Crippen molar-refractivity contribution in [3.8, 4) is 5.75 Å². The topological polar surface area (TPSA) is 132 Å². The maximum absolute atomic E-state index is 12.1. The molecule has 0 saturated heterocycles. The van der Waals surface area contributed by atoms with Gasteiger partial charge in [-0.05, 0) is 25.0 Å². The normalized spacial score (nSPS) is 14.2. The predicted molar refractivity (Wildman–Crippen MR) is 127 cm³/mol. The molecule has 1 aromatic carbocycles. The van der Waals surface area contributed by atoms with Gasteiger partial charge in [0, 0.05) is 11.1 Å². The average molecular weight is 532 g/mol. The lowest BCUT2D eigenvalue weighted by Crippen LogP contribution is -2.42. The fraction of sp³-hybridized carbons (Fsp3) is 0.667. The highest BCUT2D eigenvalue weighted by atomic mass is 35.5. The molecule has 1 unspecified atom stereocenters. The van der Waals surface area contributed by atoms with Gasteiger partial charge in [0.2, 0.25) is 0 Å². The Hall–Kier alpha value is -0.900. The molecule has 192 valence electrons. The molecule has 0 aliphatic rings. The first kappa shape index (κ1) is 32.1. The molecule has 0 aliphatic heterocycles. The van der Waals surface area contributed by atoms with E-state index in [1.165, 1.54) is 0 Å². The number of carboxylic acids is 1. The number of phosphoric acid groups is 1. The third-order valence-corrected chi connectivity index (χ3v) is 6.00. The number of ether oxygens (including phenoxy) is 1. The summed E-state index contributed by atoms with van der Waals surface area (Å²) in [6.07, 6.45) is 4.02. The number of aliphatic carboxylic acids is 1. The number of halogens is 2. The van der Waals surface area contributed by atoms with Crippen LogP contribution in [-0.4, -0.2) is 72.9 Å². The third kappa shape index (κ3) is 16.4. The van der Waals surface area contributed by atoms with Gasteiger partial charge in [0.25, 0.3) is 0 Å². The monoisotopic (exact) mass is 531 g/mol. The summed E-state index contributed by atoms with van der Waals surface area (Å²) in [4.78, 5) is 20.9. The SMILES string of the molecule is C[N+](C)(C)C[C@@H](CC(=O)O)OP(=O)(O)OCCCCCCCCOc1cc(Cl)ccc1Cl.[OH-]. The lowest BCUT2D eigenvalue weighted by Gasteiger charge is -2.29. The molecule has 0 aromatic heterocycles. The third-order valence-electron chi connectivity index (χ3n) is 4.38. The van der Waals surface area contributed by atoms with E-state index in [0.717, 1.165) is 32.1 Å². The minimum Gasteiger partial charge on any atom is -0.870 e. The van der Waals surface area contributed by atoms with Crippen LogP contribution in [0.25, 0.3) is 0 Å². The summed E-state index contributed by atoms with van der Waals surface area (Å²) in [5.74, 6) is -0.511. The van der Waals surface area contributed by atoms with E-state index in [0.29, 0.717) is 33.3 Å². The van der Waals surface area contributed by atoms with Crippen molar-refractivity contribution in [2.24, 2.45) is 0 Å². The summed E-state index contributed by atoms with van der Waals surface area (Å²) >= 11 is 12.0. The van der Waals surface area contributed by atoms with Gasteiger partial charge >= 0.3 is 13.8 Å². The zero-order valence-electron chi connectivity index (χ0n) is 19.4. The minimum atomic E-state index is -4.31. The molecule has 1 aromatic rings. The number of likely N-dealkylation sites (N-methyl/N-ethyl adjacent to an activating group) is 1. The van der Waals surface area contributed by atoms with Crippen LogP contribution in [0.1, 0.15) is 44.9 Å². The van der Waals surface area contributed by atoms with Gasteiger partial charge in [-0.25, -0.2) is 4.57 Å². The molecule has 9 nitrogen and oxygen atoms in total. The van der Waals surface area contributed by atoms with Crippen molar-refractivity contribution in [3.63, 3.8) is 0 Å². The van der Waals surface area contributed by atoms with E-state index in [1.807, 2.05) is 21.1 Å². The Kier molecular flexibility index (Phi) is 15.5. The van der Waals surface area contributed by atoms with E-state index < -0.39 is 19.9 Å². The largest absolute Gasteiger partial charge is 0.870 e. The number of unbranched alkanes of at least 4 members (excludes halogenated alkanes) is 5. The van der Waals surface area contributed by atoms with Crippen LogP contribution < -0.4 is 4.74 Å². The maximum Gasteiger partial charge on any atom is 0.472 e. The first-order valence-corrected chi connectivity index (χ1v) is 12.9. The highest BCUT2D eigenvalue weighted by Gasteiger charge is 2.31. The quantitative estimate of drug-likeness (QED) is 0.159. The van der Waals surface area contributed by atoms with Crippen molar-refractivity contribution >= 4 is 37.0 Å². The average Bonchev–Trinajstić information content (AvgIpc) is 2.63. The summed E-state index contributed by atoms with van der Waals surface area (Å²) in [5, 5.41) is 10.1. The van der Waals surface area contributed by atoms with Crippen molar-refractivity contribution in [2.75, 3.05) is 40.9 Å². The predicted octanol–water partition coefficient (Wildman–Crippen LogP) is 5.22. The van der Waals surface area contributed by atoms with E-state index >= 15 is 0 Å². The van der Waals surface area contributed by atoms with Gasteiger partial charge < -0.3 is 24.7 Å². The number of rotatable bonds is 17. The van der Waals surface area contributed by atoms with E-state index in [2.05, 4.69) is 0 Å². The number of benzene rings is 1. The van der Waals surface area contributed by atoms with Crippen LogP contribution in [0.3, 0.4) is 0 Å². The van der Waals surface area contributed by atoms with Crippen LogP contribution >= 0.6 is 31.0 Å². The van der Waals surface area contributed by atoms with Crippen LogP contribution in [0.5, 0.6) is 5.75 Å². The molecular weight excluding hydrogens is 496 g/mol. The zero-order valence-corrected chi connectivity index (χ0v) is 21.8. The Balaban J connectivity index is 0.0000102. The summed E-state index contributed by atoms with van der Waals surface area (Å²) in [7, 11) is 1.23. The second kappa shape index (κ2) is 15.9. The number of nitrogens with zero attached hydrogens (tertiary/aromatic N) is 1. The Morgan fingerprint density at radius 2 is 1.64 bits per heavy atom. The van der Waals surface area contributed by atoms with Crippen LogP contribution in [-0.2, 0) is 18.4 Å². The van der Waals surface area contributed by atoms with Crippen molar-refractivity contribution in [3.05, 3.63) is 28.2 Å². The van der Waals surface area contributed by atoms with Gasteiger partial charge in [-0.3, -0.25) is 13.8 Å². The van der Waals surface area contributed by atoms with Crippen molar-refractivity contribution in [2.45, 2.75) is 51.0 Å². The number of carboxylic acid groups (broad SMARTS) is 1. The van der Waals surface area contributed by atoms with Gasteiger partial charge in [-0.15, -0.1) is 0 Å². The molecule has 2 atom stereocenters. The molecule has 0 bridgehead atoms. The molecule has 33 heavy (non-hydrogen) atoms. The standard InChI is InChI=1S/C21H34Cl2NO7P.H2O/c1-24(2,3)16-18(15-21(25)26)31-32(27,28)30-13-9-7-5-4-6-8-12-29-20-14-17(22)10-11-19(20)23;/h10-11,14,18H,4-9,12-13,15-16H2,1-3H3,(H-,25,26,27,28);1H2/t18-;/m1./s1. The molecule has 0 fully saturated rings. The van der Waals surface area contributed by atoms with Crippen molar-refractivity contribution in [1.82, 2.24) is 0 Å². The second-order valence-electron chi connectivity index (χ2n) is 8.64. The van der Waals surface area contributed by atoms with Crippen molar-refractivity contribution in [1.29, 1.82) is 0 Å². The first-order valence-electron chi connectivity index (χ1n) is 10.6. The van der Waals surface area contributed by atoms with Crippen LogP contribution in [0.2, 0.25) is 10.0 Å². The first-order chi connectivity index (χ1) is 14.9. The van der Waals surface area contributed by atoms with Crippen LogP contribution in [0.15, 0.2) is 18.2 Å². The maximum atomic E-state index is 12.1. The van der Waals surface area contributed by atoms with E-state index in [1.54, 1.807) is 18.2 Å². The van der Waals surface area contributed by atoms with Crippen LogP contribution in [0.4, 0.5) is 0 Å². The van der Waals surface area contributed by atoms with E-state index in [4.69, 9.17) is 42.1 Å². The van der Waals surface area contributed by atoms with Gasteiger partial charge in [0.1, 0.15) is 18.4 Å². The number of hydrogen-bond donors (Lipinski definition) is 2. The number of carbonyl (C=O) groups is 1. The molecule has 0 spiro atoms. The lowest BCUT2D eigenvalue weighted by molar-refractivity contribution is -0.873. The molecule has 0 heterocycles. The fourth-order valence-electron chi connectivity index (χ4n) is 3.02. The molecule has 0 aliphatic carbocycles. The van der Waals surface area contributed by atoms with Gasteiger partial charge in [0.15, 0.2) is 0 Å². The fourth-order valence-corrected chi connectivity index (χ4v) is 4.29. The Bertz CT molecular complexity index is 760. The lowest BCUT2D eigenvalue weighted by atomic mass is 10.1. The van der Waals surface area contributed by atoms with Crippen LogP contribution in [0, 0.1) is 0 Å². The summed E-state index contributed by atoms with van der Waals surface area (Å²) in [6.45, 7) is 0.904. The minimum absolute atomic E-state index is 0. The molecular formula is C21H36Cl2NO8P. The molecule has 3 N–H and O–H groups in total. The van der Waals surface area contributed by atoms with Gasteiger partial charge in [-0.2, -0.15) is 0 Å². The smallest absolute Gasteiger partial charge is 0.472 e. The summed E-state index contributed by atoms with van der Waals surface area (Å²) in [5.41, 5.74) is 0. The highest BCUT2D eigenvalue weighted by Crippen LogP contribution is 2.45. The van der Waals surface area contributed by atoms with Gasteiger partial charge in [0.05, 0.1) is 45.8 Å². The Labute approximate surface area is 206 Å².